The molecular formula is C19H30ClNO2S. The maximum absolute atomic E-state index is 12.7. The van der Waals surface area contributed by atoms with Gasteiger partial charge >= 0.3 is 0 Å². The van der Waals surface area contributed by atoms with Crippen molar-refractivity contribution < 1.29 is 9.66 Å². The van der Waals surface area contributed by atoms with E-state index in [1.54, 1.807) is 0 Å². The minimum atomic E-state index is -1.15. The zero-order chi connectivity index (χ0) is 18.1. The zero-order valence-corrected chi connectivity index (χ0v) is 16.9. The van der Waals surface area contributed by atoms with Gasteiger partial charge in [0.15, 0.2) is 0 Å². The van der Waals surface area contributed by atoms with Gasteiger partial charge in [-0.1, -0.05) is 37.6 Å². The first-order valence-corrected chi connectivity index (χ1v) is 10.2. The highest BCUT2D eigenvalue weighted by molar-refractivity contribution is 7.90. The van der Waals surface area contributed by atoms with Crippen LogP contribution in [0.3, 0.4) is 0 Å². The van der Waals surface area contributed by atoms with Gasteiger partial charge in [-0.2, -0.15) is 0 Å². The maximum Gasteiger partial charge on any atom is 0.136 e. The molecule has 0 bridgehead atoms. The molecule has 0 saturated heterocycles. The van der Waals surface area contributed by atoms with E-state index in [0.717, 1.165) is 6.42 Å². The number of aliphatic hydroxyl groups is 1. The van der Waals surface area contributed by atoms with Crippen LogP contribution in [0.2, 0.25) is 5.02 Å². The molecule has 0 aliphatic heterocycles. The first-order chi connectivity index (χ1) is 11.0. The Morgan fingerprint density at radius 1 is 1.29 bits per heavy atom. The first kappa shape index (κ1) is 20.1. The van der Waals surface area contributed by atoms with E-state index in [1.165, 1.54) is 5.56 Å². The van der Waals surface area contributed by atoms with Crippen molar-refractivity contribution in [2.24, 2.45) is 5.92 Å². The number of benzene rings is 1. The predicted molar refractivity (Wildman–Crippen MR) is 103 cm³/mol. The SMILES string of the molecule is CC(C)C[C@@H](N[S+]([O-])C(C)(C)C)C1(c2ccc(Cl)cc2)CC(O)C1. The van der Waals surface area contributed by atoms with Crippen molar-refractivity contribution in [2.45, 2.75) is 76.2 Å². The molecule has 0 heterocycles. The van der Waals surface area contributed by atoms with E-state index in [-0.39, 0.29) is 22.3 Å². The van der Waals surface area contributed by atoms with Crippen LogP contribution in [0, 0.1) is 5.92 Å². The van der Waals surface area contributed by atoms with Gasteiger partial charge in [-0.05, 0) is 63.6 Å². The second kappa shape index (κ2) is 7.55. The van der Waals surface area contributed by atoms with Crippen molar-refractivity contribution in [3.8, 4) is 0 Å². The molecule has 1 saturated carbocycles. The molecule has 136 valence electrons. The molecule has 5 heteroatoms. The van der Waals surface area contributed by atoms with Crippen molar-refractivity contribution in [3.05, 3.63) is 34.9 Å². The van der Waals surface area contributed by atoms with Crippen LogP contribution in [-0.4, -0.2) is 26.6 Å². The van der Waals surface area contributed by atoms with Gasteiger partial charge in [-0.25, -0.2) is 0 Å². The summed E-state index contributed by atoms with van der Waals surface area (Å²) in [5.41, 5.74) is 0.983. The molecule has 1 aliphatic rings. The van der Waals surface area contributed by atoms with Crippen LogP contribution in [0.15, 0.2) is 24.3 Å². The Labute approximate surface area is 154 Å². The van der Waals surface area contributed by atoms with Gasteiger partial charge in [-0.3, -0.25) is 0 Å². The van der Waals surface area contributed by atoms with Crippen LogP contribution in [0.25, 0.3) is 0 Å². The van der Waals surface area contributed by atoms with Crippen molar-refractivity contribution in [3.63, 3.8) is 0 Å². The summed E-state index contributed by atoms with van der Waals surface area (Å²) in [7, 11) is 0. The number of rotatable bonds is 6. The van der Waals surface area contributed by atoms with Crippen molar-refractivity contribution in [2.75, 3.05) is 0 Å². The Hall–Kier alpha value is -0.260. The fourth-order valence-corrected chi connectivity index (χ4v) is 4.51. The summed E-state index contributed by atoms with van der Waals surface area (Å²) < 4.78 is 15.8. The Balaban J connectivity index is 2.33. The Bertz CT molecular complexity index is 535. The lowest BCUT2D eigenvalue weighted by molar-refractivity contribution is -0.00279. The molecule has 0 aromatic heterocycles. The number of aliphatic hydroxyl groups excluding tert-OH is 1. The quantitative estimate of drug-likeness (QED) is 0.737. The highest BCUT2D eigenvalue weighted by atomic mass is 35.5. The molecule has 0 spiro atoms. The minimum Gasteiger partial charge on any atom is -0.598 e. The fourth-order valence-electron chi connectivity index (χ4n) is 3.45. The third kappa shape index (κ3) is 4.47. The summed E-state index contributed by atoms with van der Waals surface area (Å²) in [5, 5.41) is 10.8. The topological polar surface area (TPSA) is 55.3 Å². The Morgan fingerprint density at radius 3 is 2.25 bits per heavy atom. The largest absolute Gasteiger partial charge is 0.598 e. The van der Waals surface area contributed by atoms with E-state index in [4.69, 9.17) is 11.6 Å². The van der Waals surface area contributed by atoms with Crippen LogP contribution < -0.4 is 4.72 Å². The van der Waals surface area contributed by atoms with E-state index in [2.05, 4.69) is 18.6 Å². The average molecular weight is 372 g/mol. The Morgan fingerprint density at radius 2 is 1.83 bits per heavy atom. The van der Waals surface area contributed by atoms with Gasteiger partial charge in [0.2, 0.25) is 0 Å². The maximum atomic E-state index is 12.7. The summed E-state index contributed by atoms with van der Waals surface area (Å²) in [4.78, 5) is 0. The molecule has 2 rings (SSSR count). The van der Waals surface area contributed by atoms with Gasteiger partial charge in [0.25, 0.3) is 0 Å². The van der Waals surface area contributed by atoms with Crippen LogP contribution in [0.4, 0.5) is 0 Å². The first-order valence-electron chi connectivity index (χ1n) is 8.67. The number of hydrogen-bond donors (Lipinski definition) is 2. The molecule has 0 amide bonds. The molecule has 1 aromatic carbocycles. The molecule has 0 radical (unpaired) electrons. The van der Waals surface area contributed by atoms with Gasteiger partial charge in [0, 0.05) is 21.8 Å². The van der Waals surface area contributed by atoms with Crippen molar-refractivity contribution in [1.29, 1.82) is 0 Å². The number of halogens is 1. The van der Waals surface area contributed by atoms with E-state index < -0.39 is 11.4 Å². The van der Waals surface area contributed by atoms with Crippen molar-refractivity contribution >= 4 is 23.0 Å². The van der Waals surface area contributed by atoms with E-state index in [1.807, 2.05) is 45.0 Å². The Kier molecular flexibility index (Phi) is 6.31. The molecule has 3 nitrogen and oxygen atoms in total. The van der Waals surface area contributed by atoms with Gasteiger partial charge < -0.3 is 9.66 Å². The highest BCUT2D eigenvalue weighted by Crippen LogP contribution is 2.48. The predicted octanol–water partition coefficient (Wildman–Crippen LogP) is 4.20. The molecule has 1 fully saturated rings. The molecule has 2 N–H and O–H groups in total. The van der Waals surface area contributed by atoms with Gasteiger partial charge in [-0.15, -0.1) is 4.72 Å². The fraction of sp³-hybridized carbons (Fsp3) is 0.684. The third-order valence-corrected chi connectivity index (χ3v) is 6.66. The summed E-state index contributed by atoms with van der Waals surface area (Å²) in [6.45, 7) is 10.3. The van der Waals surface area contributed by atoms with Crippen molar-refractivity contribution in [1.82, 2.24) is 4.72 Å². The summed E-state index contributed by atoms with van der Waals surface area (Å²) in [6.07, 6.45) is 2.01. The monoisotopic (exact) mass is 371 g/mol. The number of nitrogens with one attached hydrogen (secondary N) is 1. The molecule has 1 aliphatic carbocycles. The van der Waals surface area contributed by atoms with E-state index >= 15 is 0 Å². The average Bonchev–Trinajstić information content (AvgIpc) is 2.42. The molecule has 1 unspecified atom stereocenters. The summed E-state index contributed by atoms with van der Waals surface area (Å²) in [5.74, 6) is 0.474. The smallest absolute Gasteiger partial charge is 0.136 e. The summed E-state index contributed by atoms with van der Waals surface area (Å²) in [6, 6.07) is 7.95. The lowest BCUT2D eigenvalue weighted by Crippen LogP contribution is -2.61. The van der Waals surface area contributed by atoms with Crippen LogP contribution >= 0.6 is 11.6 Å². The molecular weight excluding hydrogens is 342 g/mol. The van der Waals surface area contributed by atoms with Crippen LogP contribution in [0.1, 0.15) is 59.4 Å². The molecule has 2 atom stereocenters. The second-order valence-corrected chi connectivity index (χ2v) is 10.8. The third-order valence-electron chi connectivity index (χ3n) is 4.80. The lowest BCUT2D eigenvalue weighted by Gasteiger charge is -2.51. The molecule has 24 heavy (non-hydrogen) atoms. The normalized spacial score (nSPS) is 27.0. The van der Waals surface area contributed by atoms with Gasteiger partial charge in [0.1, 0.15) is 4.75 Å². The summed E-state index contributed by atoms with van der Waals surface area (Å²) >= 11 is 4.90. The lowest BCUT2D eigenvalue weighted by atomic mass is 9.57. The standard InChI is InChI=1S/C19H30ClNO2S/c1-13(2)10-17(21-24(23)18(3,4)5)19(11-16(22)12-19)14-6-8-15(20)9-7-14/h6-9,13,16-17,21-22H,10-12H2,1-5H3/t16?,17-,19?,24?/m1/s1. The van der Waals surface area contributed by atoms with E-state index in [9.17, 15) is 9.66 Å². The van der Waals surface area contributed by atoms with Crippen LogP contribution in [0.5, 0.6) is 0 Å². The highest BCUT2D eigenvalue weighted by Gasteiger charge is 2.52. The number of hydrogen-bond acceptors (Lipinski definition) is 3. The van der Waals surface area contributed by atoms with E-state index in [0.29, 0.717) is 23.8 Å². The second-order valence-electron chi connectivity index (χ2n) is 8.41. The molecule has 1 aromatic rings. The zero-order valence-electron chi connectivity index (χ0n) is 15.3. The minimum absolute atomic E-state index is 0.0575. The van der Waals surface area contributed by atoms with Gasteiger partial charge in [0.05, 0.1) is 12.1 Å². The van der Waals surface area contributed by atoms with Crippen LogP contribution in [-0.2, 0) is 16.8 Å².